The van der Waals surface area contributed by atoms with Crippen LogP contribution in [0.4, 0.5) is 30.7 Å². The van der Waals surface area contributed by atoms with Gasteiger partial charge in [-0.15, -0.1) is 24.8 Å². The molecule has 5 saturated heterocycles. The van der Waals surface area contributed by atoms with Crippen molar-refractivity contribution in [2.24, 2.45) is 16.2 Å². The number of esters is 3. The van der Waals surface area contributed by atoms with Crippen LogP contribution < -0.4 is 10.8 Å². The molecule has 0 bridgehead atoms. The highest BCUT2D eigenvalue weighted by molar-refractivity contribution is 9.10. The van der Waals surface area contributed by atoms with Crippen LogP contribution in [-0.2, 0) is 50.3 Å². The molecule has 7 aromatic carbocycles. The van der Waals surface area contributed by atoms with E-state index in [2.05, 4.69) is 91.8 Å². The molecule has 798 valence electrons. The van der Waals surface area contributed by atoms with E-state index in [1.54, 1.807) is 117 Å². The Labute approximate surface area is 893 Å². The van der Waals surface area contributed by atoms with Crippen LogP contribution in [0, 0.1) is 79.6 Å². The van der Waals surface area contributed by atoms with E-state index in [1.165, 1.54) is 117 Å². The summed E-state index contributed by atoms with van der Waals surface area (Å²) in [6, 6.07) is 45.7. The van der Waals surface area contributed by atoms with Crippen molar-refractivity contribution < 1.29 is 97.3 Å². The van der Waals surface area contributed by atoms with Crippen LogP contribution in [0.15, 0.2) is 218 Å². The molecule has 5 aliphatic rings. The number of halogens is 11. The van der Waals surface area contributed by atoms with Crippen LogP contribution in [0.2, 0.25) is 11.5 Å². The van der Waals surface area contributed by atoms with E-state index in [4.69, 9.17) is 49.5 Å². The van der Waals surface area contributed by atoms with Gasteiger partial charge in [-0.3, -0.25) is 4.79 Å². The Morgan fingerprint density at radius 2 is 0.764 bits per heavy atom. The third-order valence-corrected chi connectivity index (χ3v) is 25.7. The maximum atomic E-state index is 14.7. The number of nitrogens with one attached hydrogen (secondary N) is 1. The molecule has 0 unspecified atom stereocenters. The Hall–Kier alpha value is -12.0. The molecule has 40 heteroatoms. The molecule has 5 aliphatic heterocycles. The lowest BCUT2D eigenvalue weighted by Crippen LogP contribution is -2.44. The van der Waals surface area contributed by atoms with E-state index in [-0.39, 0.29) is 180 Å². The summed E-state index contributed by atoms with van der Waals surface area (Å²) in [5.41, 5.74) is 1.60. The number of hydrogen-bond donors (Lipinski definition) is 2. The van der Waals surface area contributed by atoms with Crippen molar-refractivity contribution in [3.63, 3.8) is 0 Å². The number of hydrogen-bond acceptors (Lipinski definition) is 24. The number of ether oxygens (including phenoxy) is 3. The monoisotopic (exact) mass is 2170 g/mol. The summed E-state index contributed by atoms with van der Waals surface area (Å²) < 4.78 is 140. The van der Waals surface area contributed by atoms with Crippen molar-refractivity contribution in [2.45, 2.75) is 221 Å². The van der Waals surface area contributed by atoms with Crippen LogP contribution in [0.5, 0.6) is 0 Å². The first-order valence-electron chi connectivity index (χ1n) is 45.1. The highest BCUT2D eigenvalue weighted by atomic mass is 79.9. The van der Waals surface area contributed by atoms with E-state index in [9.17, 15) is 65.2 Å². The number of amides is 1. The van der Waals surface area contributed by atoms with E-state index >= 15 is 0 Å². The van der Waals surface area contributed by atoms with Gasteiger partial charge in [0.2, 0.25) is 0 Å². The van der Waals surface area contributed by atoms with Gasteiger partial charge >= 0.3 is 44.8 Å². The number of nitriles is 2. The van der Waals surface area contributed by atoms with Gasteiger partial charge in [-0.05, 0) is 271 Å². The molecular formula is C108H136B3BrCl3F7N12O14. The smallest absolute Gasteiger partial charge is 0.478 e. The molecule has 9 heterocycles. The summed E-state index contributed by atoms with van der Waals surface area (Å²) in [6.45, 7) is 32.4. The second-order valence-corrected chi connectivity index (χ2v) is 37.2. The summed E-state index contributed by atoms with van der Waals surface area (Å²) in [5.74, 6) is -7.37. The Balaban J connectivity index is 0.000000858. The second kappa shape index (κ2) is 60.6. The minimum absolute atomic E-state index is 0. The summed E-state index contributed by atoms with van der Waals surface area (Å²) in [5, 5.41) is 31.8. The second-order valence-electron chi connectivity index (χ2n) is 36.0. The minimum atomic E-state index is -1.31. The number of carboxylic acids is 1. The number of rotatable bonds is 17. The fraction of sp³-hybridized carbons (Fsp3) is 0.398. The molecule has 0 saturated carbocycles. The summed E-state index contributed by atoms with van der Waals surface area (Å²) in [6.07, 6.45) is 16.1. The van der Waals surface area contributed by atoms with Crippen LogP contribution >= 0.6 is 52.3 Å². The first kappa shape index (κ1) is 134. The summed E-state index contributed by atoms with van der Waals surface area (Å²) in [4.78, 5) is 91.4. The molecule has 0 spiro atoms. The SMILES string of the molecule is C.C.C.C.C.C.CC1(C)OB(B2OC(C)(C)C(C)(C)O2)OC1(C)C.CCOC(=O)c1c(F)cccc1-c1ccncn1.CCOC(=O)c1c(F)cccc1B1CC(C)(C)C(C)(C)O1.CCOC(=O)c1c(F)cccc1Br.Cl.Cl.Clc1ccncn1.N#CC1(Cc2ccc(F)cc2)CCN(C(=O)c2c(F)cccc2-c2ccncn2)CC1.N#CC1(Cc2ccc(F)cc2)CCNCC1.O=C(O)c1c(F)cccc1-c1ccncn1. The van der Waals surface area contributed by atoms with Gasteiger partial charge in [-0.2, -0.15) is 10.5 Å². The molecule has 148 heavy (non-hydrogen) atoms. The van der Waals surface area contributed by atoms with E-state index < -0.39 is 78.3 Å². The van der Waals surface area contributed by atoms with Crippen LogP contribution in [0.1, 0.15) is 237 Å². The quantitative estimate of drug-likeness (QED) is 0.0281. The zero-order valence-corrected chi connectivity index (χ0v) is 85.2. The van der Waals surface area contributed by atoms with Crippen LogP contribution in [0.25, 0.3) is 33.8 Å². The summed E-state index contributed by atoms with van der Waals surface area (Å²) >= 11 is 8.47. The number of likely N-dealkylation sites (tertiary alicyclic amines) is 1. The molecule has 2 N–H and O–H groups in total. The molecule has 5 fully saturated rings. The average molecular weight is 2180 g/mol. The Morgan fingerprint density at radius 1 is 0.432 bits per heavy atom. The third kappa shape index (κ3) is 35.6. The number of carboxylic acid groups (broad SMARTS) is 1. The van der Waals surface area contributed by atoms with Gasteiger partial charge in [0.25, 0.3) is 5.91 Å². The number of aromatic carboxylic acids is 1. The largest absolute Gasteiger partial charge is 0.488 e. The highest BCUT2D eigenvalue weighted by Crippen LogP contribution is 2.47. The van der Waals surface area contributed by atoms with Crippen molar-refractivity contribution >= 4 is 109 Å². The number of benzene rings is 7. The van der Waals surface area contributed by atoms with Crippen molar-refractivity contribution in [3.05, 3.63) is 303 Å². The molecule has 0 aliphatic carbocycles. The minimum Gasteiger partial charge on any atom is -0.478 e. The highest BCUT2D eigenvalue weighted by Gasteiger charge is 2.64. The van der Waals surface area contributed by atoms with Crippen LogP contribution in [-0.4, -0.2) is 175 Å². The van der Waals surface area contributed by atoms with Gasteiger partial charge < -0.3 is 52.8 Å². The molecule has 16 rings (SSSR count). The Kier molecular flexibility index (Phi) is 54.9. The van der Waals surface area contributed by atoms with Crippen molar-refractivity contribution in [1.29, 1.82) is 10.5 Å². The van der Waals surface area contributed by atoms with Gasteiger partial charge in [0.15, 0.2) is 0 Å². The number of carbonyl (C=O) groups excluding carboxylic acids is 4. The van der Waals surface area contributed by atoms with Crippen LogP contribution in [0.3, 0.4) is 0 Å². The number of aromatic nitrogens is 8. The fourth-order valence-corrected chi connectivity index (χ4v) is 15.7. The van der Waals surface area contributed by atoms with Gasteiger partial charge in [0, 0.05) is 59.0 Å². The maximum absolute atomic E-state index is 14.7. The first-order valence-corrected chi connectivity index (χ1v) is 46.2. The van der Waals surface area contributed by atoms with E-state index in [1.807, 2.05) is 69.2 Å². The zero-order valence-electron chi connectivity index (χ0n) is 81.2. The van der Waals surface area contributed by atoms with Crippen molar-refractivity contribution in [3.8, 4) is 45.9 Å². The van der Waals surface area contributed by atoms with E-state index in [0.717, 1.165) is 55.9 Å². The molecule has 26 nitrogen and oxygen atoms in total. The maximum Gasteiger partial charge on any atom is 0.488 e. The Morgan fingerprint density at radius 3 is 1.10 bits per heavy atom. The Bertz CT molecular complexity index is 6020. The number of carbonyl (C=O) groups is 5. The molecule has 11 aromatic rings. The first-order chi connectivity index (χ1) is 66.3. The standard InChI is InChI=1S/C24H20F2N4O.C16H22BFO3.C13H11FN2O2.C13H15FN2.C12H24B2O4.C11H7FN2O2.C9H8BrFO2.C4H3ClN2.6CH4.2ClH/c25-18-6-4-17(5-7-18)14-24(15-27)9-12-30(13-10-24)23(31)22-19(2-1-3-20(22)26)21-8-11-28-16-29-21;1-6-20-14(19)13-11(8-7-9-12(13)18)17-10-15(2,3)16(4,5)21-17;1-2-18-13(17)12-9(4-3-5-10(12)14)11-6-7-15-8-16-11;14-12-3-1-11(2-4-12)9-13(10-15)5-7-16-8-6-13;1-9(2)10(3,4)16-13(15-9)14-17-11(5,6)12(7,8)18-14;12-8-3-1-2-7(10(8)11(15)16)9-4-5-13-6-14-9;1-2-13-9(12)8-6(10)4-3-5-7(8)11;5-4-1-2-6-3-7-4;;;;;;;;/h1-8,11,16H,9-10,12-14H2;7-9H,6,10H2,1-5H3;3-8H,2H2,1H3;1-4,16H,5-9H2;1-8H3;1-6H,(H,15,16);3-5H,2H2,1H3;1-3H;6*1H4;2*1H. The lowest BCUT2D eigenvalue weighted by atomic mass is 9.49. The number of nitrogens with zero attached hydrogens (tertiary/aromatic N) is 11. The van der Waals surface area contributed by atoms with Gasteiger partial charge in [-0.25, -0.2) is 89.8 Å². The van der Waals surface area contributed by atoms with Gasteiger partial charge in [-0.1, -0.05) is 149 Å². The topological polar surface area (TPSA) is 345 Å². The molecule has 0 radical (unpaired) electrons. The zero-order chi connectivity index (χ0) is 103. The van der Waals surface area contributed by atoms with E-state index in [0.29, 0.717) is 75.6 Å². The predicted octanol–water partition coefficient (Wildman–Crippen LogP) is 25.0. The molecule has 1 amide bonds. The average Bonchev–Trinajstić information content (AvgIpc) is 1.60. The van der Waals surface area contributed by atoms with Gasteiger partial charge in [0.1, 0.15) is 87.9 Å². The van der Waals surface area contributed by atoms with Crippen molar-refractivity contribution in [2.75, 3.05) is 46.0 Å². The molecular weight excluding hydrogens is 2040 g/mol. The summed E-state index contributed by atoms with van der Waals surface area (Å²) in [7, 11) is -0.952. The fourth-order valence-electron chi connectivity index (χ4n) is 15.1. The van der Waals surface area contributed by atoms with Gasteiger partial charge in [0.05, 0.1) is 99.0 Å². The lowest BCUT2D eigenvalue weighted by molar-refractivity contribution is 0.00578. The normalized spacial score (nSPS) is 15.5. The van der Waals surface area contributed by atoms with Crippen molar-refractivity contribution in [1.82, 2.24) is 50.1 Å². The number of piperidine rings is 2. The predicted molar refractivity (Wildman–Crippen MR) is 574 cm³/mol. The lowest BCUT2D eigenvalue weighted by Gasteiger charge is -2.37. The molecule has 4 aromatic heterocycles. The third-order valence-electron chi connectivity index (χ3n) is 24.9. The molecule has 0 atom stereocenters.